The largest absolute Gasteiger partial charge is 0.419 e. The van der Waals surface area contributed by atoms with Gasteiger partial charge in [0.15, 0.2) is 17.8 Å². The fourth-order valence-corrected chi connectivity index (χ4v) is 2.59. The second kappa shape index (κ2) is 8.96. The molecule has 3 aromatic carbocycles. The predicted octanol–water partition coefficient (Wildman–Crippen LogP) is 4.12. The van der Waals surface area contributed by atoms with Gasteiger partial charge in [-0.05, 0) is 56.3 Å². The van der Waals surface area contributed by atoms with Crippen molar-refractivity contribution in [3.8, 4) is 11.5 Å². The van der Waals surface area contributed by atoms with Gasteiger partial charge in [-0.2, -0.15) is 0 Å². The van der Waals surface area contributed by atoms with E-state index in [-0.39, 0.29) is 28.9 Å². The number of ketones is 1. The first-order chi connectivity index (χ1) is 14.4. The molecule has 0 bridgehead atoms. The summed E-state index contributed by atoms with van der Waals surface area (Å²) in [6, 6.07) is 17.3. The van der Waals surface area contributed by atoms with Gasteiger partial charge in [0.1, 0.15) is 0 Å². The third kappa shape index (κ3) is 4.86. The third-order valence-corrected chi connectivity index (χ3v) is 4.32. The highest BCUT2D eigenvalue weighted by atomic mass is 16.6. The smallest absolute Gasteiger partial charge is 0.343 e. The number of carbonyl (C=O) groups excluding carboxylic acids is 4. The Labute approximate surface area is 173 Å². The van der Waals surface area contributed by atoms with Crippen LogP contribution in [0.4, 0.5) is 0 Å². The lowest BCUT2D eigenvalue weighted by Gasteiger charge is -2.12. The SMILES string of the molecule is Cc1ccc(C(=O)Oc2ccc(C(=O)C=O)cc2OC(=O)c2ccc(C)cc2)cc1. The van der Waals surface area contributed by atoms with Gasteiger partial charge in [-0.15, -0.1) is 0 Å². The highest BCUT2D eigenvalue weighted by Gasteiger charge is 2.18. The van der Waals surface area contributed by atoms with Crippen LogP contribution in [0.3, 0.4) is 0 Å². The molecule has 30 heavy (non-hydrogen) atoms. The molecule has 0 spiro atoms. The highest BCUT2D eigenvalue weighted by Crippen LogP contribution is 2.30. The van der Waals surface area contributed by atoms with Gasteiger partial charge < -0.3 is 9.47 Å². The zero-order valence-corrected chi connectivity index (χ0v) is 16.4. The third-order valence-electron chi connectivity index (χ3n) is 4.32. The van der Waals surface area contributed by atoms with Gasteiger partial charge in [0, 0.05) is 5.56 Å². The Morgan fingerprint density at radius 3 is 1.53 bits per heavy atom. The fraction of sp³-hybridized carbons (Fsp3) is 0.0833. The molecule has 0 aliphatic carbocycles. The summed E-state index contributed by atoms with van der Waals surface area (Å²) in [6.07, 6.45) is 0.152. The van der Waals surface area contributed by atoms with E-state index in [1.54, 1.807) is 48.5 Å². The molecule has 0 fully saturated rings. The summed E-state index contributed by atoms with van der Waals surface area (Å²) < 4.78 is 10.8. The summed E-state index contributed by atoms with van der Waals surface area (Å²) in [4.78, 5) is 47.5. The molecule has 0 unspecified atom stereocenters. The van der Waals surface area contributed by atoms with E-state index in [1.807, 2.05) is 13.8 Å². The van der Waals surface area contributed by atoms with Crippen molar-refractivity contribution >= 4 is 24.0 Å². The van der Waals surface area contributed by atoms with Crippen LogP contribution in [0.25, 0.3) is 0 Å². The molecule has 0 atom stereocenters. The minimum absolute atomic E-state index is 0.00633. The molecule has 0 aliphatic rings. The van der Waals surface area contributed by atoms with Crippen molar-refractivity contribution < 1.29 is 28.7 Å². The minimum atomic E-state index is -0.793. The Bertz CT molecular complexity index is 1110. The first-order valence-electron chi connectivity index (χ1n) is 9.08. The first-order valence-corrected chi connectivity index (χ1v) is 9.08. The van der Waals surface area contributed by atoms with E-state index >= 15 is 0 Å². The summed E-state index contributed by atoms with van der Waals surface area (Å²) >= 11 is 0. The van der Waals surface area contributed by atoms with E-state index in [4.69, 9.17) is 9.47 Å². The molecule has 6 nitrogen and oxygen atoms in total. The van der Waals surface area contributed by atoms with Crippen LogP contribution in [0.15, 0.2) is 66.7 Å². The molecular weight excluding hydrogens is 384 g/mol. The average Bonchev–Trinajstić information content (AvgIpc) is 2.75. The number of carbonyl (C=O) groups is 4. The van der Waals surface area contributed by atoms with Gasteiger partial charge in [0.2, 0.25) is 5.78 Å². The zero-order valence-electron chi connectivity index (χ0n) is 16.4. The van der Waals surface area contributed by atoms with E-state index in [2.05, 4.69) is 0 Å². The van der Waals surface area contributed by atoms with Gasteiger partial charge >= 0.3 is 11.9 Å². The number of hydrogen-bond donors (Lipinski definition) is 0. The molecule has 0 saturated carbocycles. The molecule has 0 heterocycles. The molecule has 0 aliphatic heterocycles. The Balaban J connectivity index is 1.91. The Morgan fingerprint density at radius 1 is 0.633 bits per heavy atom. The van der Waals surface area contributed by atoms with Crippen LogP contribution in [0.5, 0.6) is 11.5 Å². The maximum atomic E-state index is 12.5. The lowest BCUT2D eigenvalue weighted by Crippen LogP contribution is -2.13. The van der Waals surface area contributed by atoms with Crippen molar-refractivity contribution in [1.82, 2.24) is 0 Å². The zero-order chi connectivity index (χ0) is 21.7. The monoisotopic (exact) mass is 402 g/mol. The van der Waals surface area contributed by atoms with Crippen molar-refractivity contribution in [1.29, 1.82) is 0 Å². The Kier molecular flexibility index (Phi) is 6.17. The van der Waals surface area contributed by atoms with Gasteiger partial charge in [-0.3, -0.25) is 9.59 Å². The second-order valence-electron chi connectivity index (χ2n) is 6.65. The van der Waals surface area contributed by atoms with Crippen LogP contribution in [0.1, 0.15) is 42.2 Å². The normalized spacial score (nSPS) is 10.2. The van der Waals surface area contributed by atoms with Gasteiger partial charge in [-0.1, -0.05) is 35.4 Å². The van der Waals surface area contributed by atoms with Crippen LogP contribution in [0, 0.1) is 13.8 Å². The number of hydrogen-bond acceptors (Lipinski definition) is 6. The maximum absolute atomic E-state index is 12.5. The predicted molar refractivity (Wildman–Crippen MR) is 109 cm³/mol. The minimum Gasteiger partial charge on any atom is -0.419 e. The Hall–Kier alpha value is -4.06. The van der Waals surface area contributed by atoms with Crippen molar-refractivity contribution in [3.63, 3.8) is 0 Å². The number of rotatable bonds is 6. The number of Topliss-reactive ketones (excluding diaryl/α,β-unsaturated/α-hetero) is 1. The van der Waals surface area contributed by atoms with Gasteiger partial charge in [0.05, 0.1) is 11.1 Å². The van der Waals surface area contributed by atoms with E-state index in [1.165, 1.54) is 18.2 Å². The van der Waals surface area contributed by atoms with Crippen molar-refractivity contribution in [2.75, 3.05) is 0 Å². The van der Waals surface area contributed by atoms with Crippen molar-refractivity contribution in [3.05, 3.63) is 94.5 Å². The molecule has 0 radical (unpaired) electrons. The lowest BCUT2D eigenvalue weighted by atomic mass is 10.1. The van der Waals surface area contributed by atoms with E-state index in [9.17, 15) is 19.2 Å². The second-order valence-corrected chi connectivity index (χ2v) is 6.65. The summed E-state index contributed by atoms with van der Waals surface area (Å²) in [5.41, 5.74) is 2.55. The summed E-state index contributed by atoms with van der Waals surface area (Å²) in [6.45, 7) is 3.77. The first kappa shape index (κ1) is 20.7. The van der Waals surface area contributed by atoms with Crippen molar-refractivity contribution in [2.24, 2.45) is 0 Å². The molecule has 0 amide bonds. The standard InChI is InChI=1S/C24H18O6/c1-15-3-7-17(8-4-15)23(27)29-21-12-11-19(20(26)14-25)13-22(21)30-24(28)18-9-5-16(2)6-10-18/h3-14H,1-2H3. The molecule has 0 N–H and O–H groups in total. The summed E-state index contributed by atoms with van der Waals surface area (Å²) in [5.74, 6) is -2.34. The topological polar surface area (TPSA) is 86.7 Å². The van der Waals surface area contributed by atoms with E-state index in [0.29, 0.717) is 5.56 Å². The van der Waals surface area contributed by atoms with Gasteiger partial charge in [-0.25, -0.2) is 9.59 Å². The van der Waals surface area contributed by atoms with Crippen LogP contribution in [0.2, 0.25) is 0 Å². The van der Waals surface area contributed by atoms with E-state index < -0.39 is 17.7 Å². The molecule has 3 aromatic rings. The fourth-order valence-electron chi connectivity index (χ4n) is 2.59. The van der Waals surface area contributed by atoms with Crippen molar-refractivity contribution in [2.45, 2.75) is 13.8 Å². The highest BCUT2D eigenvalue weighted by molar-refractivity contribution is 6.33. The van der Waals surface area contributed by atoms with E-state index in [0.717, 1.165) is 11.1 Å². The molecular formula is C24H18O6. The quantitative estimate of drug-likeness (QED) is 0.203. The number of ether oxygens (including phenoxy) is 2. The lowest BCUT2D eigenvalue weighted by molar-refractivity contribution is -0.104. The number of aldehydes is 1. The molecule has 150 valence electrons. The van der Waals surface area contributed by atoms with Gasteiger partial charge in [0.25, 0.3) is 0 Å². The van der Waals surface area contributed by atoms with Crippen LogP contribution in [-0.4, -0.2) is 24.0 Å². The van der Waals surface area contributed by atoms with Crippen LogP contribution < -0.4 is 9.47 Å². The van der Waals surface area contributed by atoms with Crippen LogP contribution in [-0.2, 0) is 4.79 Å². The maximum Gasteiger partial charge on any atom is 0.343 e. The summed E-state index contributed by atoms with van der Waals surface area (Å²) in [7, 11) is 0. The number of aryl methyl sites for hydroxylation is 2. The number of esters is 2. The number of benzene rings is 3. The summed E-state index contributed by atoms with van der Waals surface area (Å²) in [5, 5.41) is 0. The molecule has 0 saturated heterocycles. The molecule has 0 aromatic heterocycles. The Morgan fingerprint density at radius 2 is 1.07 bits per heavy atom. The average molecular weight is 402 g/mol. The molecule has 6 heteroatoms. The van der Waals surface area contributed by atoms with Crippen LogP contribution >= 0.6 is 0 Å². The molecule has 3 rings (SSSR count).